The number of carbonyl (C=O) groups is 4. The molecule has 3 saturated heterocycles. The average molecular weight is 700 g/mol. The Morgan fingerprint density at radius 3 is 2.26 bits per heavy atom. The summed E-state index contributed by atoms with van der Waals surface area (Å²) in [4.78, 5) is 61.9. The van der Waals surface area contributed by atoms with Crippen LogP contribution in [0.5, 0.6) is 11.5 Å². The van der Waals surface area contributed by atoms with Crippen LogP contribution in [-0.2, 0) is 23.9 Å². The molecule has 2 aliphatic carbocycles. The molecule has 0 bridgehead atoms. The molecular formula is C38H35ClFN3O7. The number of hydrogen-bond acceptors (Lipinski definition) is 8. The first-order valence-electron chi connectivity index (χ1n) is 16.8. The summed E-state index contributed by atoms with van der Waals surface area (Å²) in [5, 5.41) is 10.6. The molecule has 0 spiro atoms. The second-order valence-corrected chi connectivity index (χ2v) is 14.2. The van der Waals surface area contributed by atoms with E-state index < -0.39 is 52.6 Å². The number of morpholine rings is 1. The lowest BCUT2D eigenvalue weighted by Crippen LogP contribution is -2.48. The topological polar surface area (TPSA) is 117 Å². The molecule has 3 heterocycles. The SMILES string of the molecule is COc1ccc([C@H]2C3=CC[C@@H]4C(=O)N(c5ccc(N6CCOCC6)cc5)C(=O)[C@@H]4[C@@H]3C[C@H]3C(=O)N(c4ccc(F)c(Cl)c4)C(=O)[C@@]23C)cc1O. The van der Waals surface area contributed by atoms with Crippen molar-refractivity contribution in [3.8, 4) is 11.5 Å². The second-order valence-electron chi connectivity index (χ2n) is 13.8. The van der Waals surface area contributed by atoms with Crippen molar-refractivity contribution >= 4 is 52.3 Å². The third-order valence-electron chi connectivity index (χ3n) is 11.5. The molecule has 12 heteroatoms. The number of anilines is 3. The highest BCUT2D eigenvalue weighted by molar-refractivity contribution is 6.32. The molecule has 0 radical (unpaired) electrons. The third kappa shape index (κ3) is 4.70. The first-order chi connectivity index (χ1) is 24.0. The van der Waals surface area contributed by atoms with E-state index in [9.17, 15) is 28.7 Å². The number of fused-ring (bicyclic) bond motifs is 4. The van der Waals surface area contributed by atoms with Gasteiger partial charge in [-0.2, -0.15) is 0 Å². The van der Waals surface area contributed by atoms with Crippen LogP contribution in [-0.4, -0.2) is 62.1 Å². The van der Waals surface area contributed by atoms with Crippen molar-refractivity contribution < 1.29 is 38.1 Å². The third-order valence-corrected chi connectivity index (χ3v) is 11.7. The Morgan fingerprint density at radius 2 is 1.58 bits per heavy atom. The number of amides is 4. The van der Waals surface area contributed by atoms with Gasteiger partial charge in [0.1, 0.15) is 5.82 Å². The van der Waals surface area contributed by atoms with Crippen LogP contribution in [0.1, 0.15) is 31.2 Å². The highest BCUT2D eigenvalue weighted by Gasteiger charge is 2.67. The molecule has 10 nitrogen and oxygen atoms in total. The monoisotopic (exact) mass is 699 g/mol. The number of methoxy groups -OCH3 is 1. The number of ether oxygens (including phenoxy) is 2. The molecule has 4 amide bonds. The van der Waals surface area contributed by atoms with Gasteiger partial charge in [-0.15, -0.1) is 0 Å². The zero-order chi connectivity index (χ0) is 35.1. The predicted octanol–water partition coefficient (Wildman–Crippen LogP) is 5.47. The van der Waals surface area contributed by atoms with Gasteiger partial charge >= 0.3 is 0 Å². The maximum Gasteiger partial charge on any atom is 0.241 e. The molecule has 50 heavy (non-hydrogen) atoms. The number of nitrogens with zero attached hydrogens (tertiary/aromatic N) is 3. The zero-order valence-corrected chi connectivity index (χ0v) is 28.2. The molecule has 1 saturated carbocycles. The number of phenols is 1. The fraction of sp³-hybridized carbons (Fsp3) is 0.368. The number of halogens is 2. The standard InChI is InChI=1S/C38H35ClFN3O7/c1-38-27(35(46)43(37(38)48)23-8-11-29(40)28(39)18-23)19-26-24(33(38)20-3-12-31(49-2)30(44)17-20)9-10-25-32(26)36(47)42(34(25)45)22-6-4-21(5-7-22)41-13-15-50-16-14-41/h3-9,11-12,17-18,25-27,32-33,44H,10,13-16,19H2,1-2H3/t25-,26+,27-,32-,33-,38+/m0/s1. The summed E-state index contributed by atoms with van der Waals surface area (Å²) in [7, 11) is 1.43. The van der Waals surface area contributed by atoms with Gasteiger partial charge in [0.25, 0.3) is 0 Å². The lowest BCUT2D eigenvalue weighted by atomic mass is 9.51. The van der Waals surface area contributed by atoms with E-state index in [1.807, 2.05) is 18.2 Å². The number of carbonyl (C=O) groups excluding carboxylic acids is 4. The molecule has 8 rings (SSSR count). The summed E-state index contributed by atoms with van der Waals surface area (Å²) < 4.78 is 24.9. The van der Waals surface area contributed by atoms with Crippen LogP contribution < -0.4 is 19.4 Å². The van der Waals surface area contributed by atoms with Crippen molar-refractivity contribution in [2.24, 2.45) is 29.1 Å². The number of benzene rings is 3. The van der Waals surface area contributed by atoms with Crippen LogP contribution >= 0.6 is 11.6 Å². The lowest BCUT2D eigenvalue weighted by molar-refractivity contribution is -0.131. The first-order valence-corrected chi connectivity index (χ1v) is 17.1. The number of hydrogen-bond donors (Lipinski definition) is 1. The van der Waals surface area contributed by atoms with E-state index in [0.717, 1.165) is 35.3 Å². The van der Waals surface area contributed by atoms with E-state index in [1.165, 1.54) is 30.2 Å². The normalized spacial score (nSPS) is 29.2. The Balaban J connectivity index is 1.19. The molecule has 5 aliphatic rings. The Hall–Kier alpha value is -4.74. The Morgan fingerprint density at radius 1 is 0.880 bits per heavy atom. The minimum atomic E-state index is -1.34. The van der Waals surface area contributed by atoms with Crippen molar-refractivity contribution in [3.05, 3.63) is 88.7 Å². The molecule has 6 atom stereocenters. The molecule has 0 aromatic heterocycles. The zero-order valence-electron chi connectivity index (χ0n) is 27.5. The predicted molar refractivity (Wildman–Crippen MR) is 183 cm³/mol. The summed E-state index contributed by atoms with van der Waals surface area (Å²) in [6.45, 7) is 4.50. The van der Waals surface area contributed by atoms with E-state index in [-0.39, 0.29) is 46.9 Å². The number of imide groups is 2. The maximum atomic E-state index is 14.6. The molecule has 1 N–H and O–H groups in total. The van der Waals surface area contributed by atoms with Crippen LogP contribution in [0.3, 0.4) is 0 Å². The molecule has 3 aromatic rings. The van der Waals surface area contributed by atoms with Gasteiger partial charge in [0, 0.05) is 24.7 Å². The van der Waals surface area contributed by atoms with Gasteiger partial charge in [-0.05, 0) is 85.8 Å². The molecular weight excluding hydrogens is 665 g/mol. The molecule has 4 fully saturated rings. The number of aromatic hydroxyl groups is 1. The van der Waals surface area contributed by atoms with Crippen molar-refractivity contribution in [1.29, 1.82) is 0 Å². The Bertz CT molecular complexity index is 1980. The summed E-state index contributed by atoms with van der Waals surface area (Å²) in [6.07, 6.45) is 2.38. The van der Waals surface area contributed by atoms with Gasteiger partial charge in [-0.1, -0.05) is 29.3 Å². The van der Waals surface area contributed by atoms with E-state index in [0.29, 0.717) is 24.5 Å². The largest absolute Gasteiger partial charge is 0.504 e. The van der Waals surface area contributed by atoms with Gasteiger partial charge in [0.05, 0.1) is 59.9 Å². The van der Waals surface area contributed by atoms with Gasteiger partial charge in [0.15, 0.2) is 11.5 Å². The Kier molecular flexibility index (Phi) is 7.76. The lowest BCUT2D eigenvalue weighted by Gasteiger charge is -2.49. The van der Waals surface area contributed by atoms with Crippen molar-refractivity contribution in [2.75, 3.05) is 48.1 Å². The Labute approximate surface area is 293 Å². The molecule has 258 valence electrons. The summed E-state index contributed by atoms with van der Waals surface area (Å²) in [5.74, 6) is -5.75. The van der Waals surface area contributed by atoms with Crippen molar-refractivity contribution in [1.82, 2.24) is 0 Å². The molecule has 3 aromatic carbocycles. The minimum absolute atomic E-state index is 0.140. The average Bonchev–Trinajstić information content (AvgIpc) is 3.49. The van der Waals surface area contributed by atoms with E-state index >= 15 is 0 Å². The highest BCUT2D eigenvalue weighted by Crippen LogP contribution is 2.64. The van der Waals surface area contributed by atoms with Crippen LogP contribution in [0, 0.1) is 34.9 Å². The van der Waals surface area contributed by atoms with Crippen LogP contribution in [0.25, 0.3) is 0 Å². The first kappa shape index (κ1) is 32.5. The number of phenolic OH excluding ortho intramolecular Hbond substituents is 1. The van der Waals surface area contributed by atoms with E-state index in [2.05, 4.69) is 4.90 Å². The molecule has 0 unspecified atom stereocenters. The fourth-order valence-electron chi connectivity index (χ4n) is 9.04. The summed E-state index contributed by atoms with van der Waals surface area (Å²) in [6, 6.07) is 16.0. The maximum absolute atomic E-state index is 14.6. The summed E-state index contributed by atoms with van der Waals surface area (Å²) >= 11 is 6.09. The van der Waals surface area contributed by atoms with Crippen LogP contribution in [0.4, 0.5) is 21.5 Å². The number of rotatable bonds is 5. The van der Waals surface area contributed by atoms with Crippen molar-refractivity contribution in [3.63, 3.8) is 0 Å². The van der Waals surface area contributed by atoms with Gasteiger partial charge in [0.2, 0.25) is 23.6 Å². The van der Waals surface area contributed by atoms with Crippen LogP contribution in [0.2, 0.25) is 5.02 Å². The van der Waals surface area contributed by atoms with Gasteiger partial charge in [-0.25, -0.2) is 9.29 Å². The van der Waals surface area contributed by atoms with Crippen molar-refractivity contribution in [2.45, 2.75) is 25.7 Å². The second kappa shape index (κ2) is 11.9. The fourth-order valence-corrected chi connectivity index (χ4v) is 9.22. The molecule has 3 aliphatic heterocycles. The van der Waals surface area contributed by atoms with E-state index in [4.69, 9.17) is 21.1 Å². The smallest absolute Gasteiger partial charge is 0.241 e. The van der Waals surface area contributed by atoms with Gasteiger partial charge in [-0.3, -0.25) is 24.1 Å². The highest BCUT2D eigenvalue weighted by atomic mass is 35.5. The summed E-state index contributed by atoms with van der Waals surface area (Å²) in [5.41, 5.74) is 1.61. The van der Waals surface area contributed by atoms with E-state index in [1.54, 1.807) is 31.2 Å². The van der Waals surface area contributed by atoms with Crippen LogP contribution in [0.15, 0.2) is 72.3 Å². The van der Waals surface area contributed by atoms with Gasteiger partial charge < -0.3 is 19.5 Å². The quantitative estimate of drug-likeness (QED) is 0.276. The minimum Gasteiger partial charge on any atom is -0.504 e. The number of allylic oxidation sites excluding steroid dienone is 2.